The topological polar surface area (TPSA) is 148 Å². The highest BCUT2D eigenvalue weighted by molar-refractivity contribution is 8.00. The van der Waals surface area contributed by atoms with Gasteiger partial charge in [-0.1, -0.05) is 23.1 Å². The number of hydrogen-bond donors (Lipinski definition) is 2. The summed E-state index contributed by atoms with van der Waals surface area (Å²) in [4.78, 5) is 67.0. The van der Waals surface area contributed by atoms with E-state index in [1.807, 2.05) is 0 Å². The molecule has 3 unspecified atom stereocenters. The molecule has 2 aliphatic heterocycles. The van der Waals surface area contributed by atoms with Gasteiger partial charge in [-0.25, -0.2) is 9.69 Å². The summed E-state index contributed by atoms with van der Waals surface area (Å²) >= 11 is 2.00. The van der Waals surface area contributed by atoms with Crippen molar-refractivity contribution < 1.29 is 33.4 Å². The first-order valence-corrected chi connectivity index (χ1v) is 14.6. The minimum absolute atomic E-state index is 0.0470. The molecule has 0 spiro atoms. The molecule has 214 valence electrons. The number of thioether (sulfide) groups is 1. The molecular formula is C29H23N3O8S2. The predicted molar refractivity (Wildman–Crippen MR) is 154 cm³/mol. The number of benzene rings is 2. The molecule has 11 nitrogen and oxygen atoms in total. The van der Waals surface area contributed by atoms with Crippen LogP contribution in [0.5, 0.6) is 5.75 Å². The number of rotatable bonds is 7. The van der Waals surface area contributed by atoms with E-state index in [1.54, 1.807) is 19.1 Å². The maximum atomic E-state index is 13.9. The van der Waals surface area contributed by atoms with Gasteiger partial charge in [0.2, 0.25) is 17.7 Å². The first-order chi connectivity index (χ1) is 20.3. The normalized spacial score (nSPS) is 19.4. The zero-order valence-corrected chi connectivity index (χ0v) is 23.6. The van der Waals surface area contributed by atoms with Crippen molar-refractivity contribution in [2.75, 3.05) is 16.8 Å². The minimum atomic E-state index is -0.884. The standard InChI is InChI=1S/C29H23N3O8S2/c1-2-39-28(37)15-5-9-17(10-6-15)32-25(35)22-21(19-4-3-13-40-19)24-27(41-23(22)26(32)36)31(29(38)42-24)14-20(34)30-16-7-11-18(33)12-8-16/h3-13,21-23,33H,2,14H2,1H3,(H,30,34). The fourth-order valence-corrected chi connectivity index (χ4v) is 7.89. The van der Waals surface area contributed by atoms with E-state index in [-0.39, 0.29) is 24.5 Å². The third-order valence-corrected chi connectivity index (χ3v) is 9.59. The fraction of sp³-hybridized carbons (Fsp3) is 0.207. The summed E-state index contributed by atoms with van der Waals surface area (Å²) in [7, 11) is 0. The van der Waals surface area contributed by atoms with Gasteiger partial charge in [-0.15, -0.1) is 0 Å². The van der Waals surface area contributed by atoms with E-state index < -0.39 is 45.6 Å². The van der Waals surface area contributed by atoms with Gasteiger partial charge in [0, 0.05) is 5.69 Å². The summed E-state index contributed by atoms with van der Waals surface area (Å²) in [6.07, 6.45) is 1.46. The largest absolute Gasteiger partial charge is 0.508 e. The van der Waals surface area contributed by atoms with Crippen molar-refractivity contribution >= 4 is 58.2 Å². The number of hydrogen-bond acceptors (Lipinski definition) is 10. The maximum Gasteiger partial charge on any atom is 0.338 e. The molecule has 3 atom stereocenters. The zero-order valence-electron chi connectivity index (χ0n) is 22.0. The molecule has 2 N–H and O–H groups in total. The smallest absolute Gasteiger partial charge is 0.338 e. The summed E-state index contributed by atoms with van der Waals surface area (Å²) in [5, 5.41) is 11.7. The second-order valence-corrected chi connectivity index (χ2v) is 11.7. The number of nitrogens with zero attached hydrogens (tertiary/aromatic N) is 2. The van der Waals surface area contributed by atoms with Crippen molar-refractivity contribution in [2.24, 2.45) is 5.92 Å². The Morgan fingerprint density at radius 1 is 1.02 bits per heavy atom. The number of phenols is 1. The Balaban J connectivity index is 1.34. The lowest BCUT2D eigenvalue weighted by atomic mass is 9.87. The van der Waals surface area contributed by atoms with Crippen LogP contribution in [-0.2, 0) is 25.7 Å². The van der Waals surface area contributed by atoms with Crippen molar-refractivity contribution in [1.82, 2.24) is 4.57 Å². The molecule has 0 radical (unpaired) electrons. The van der Waals surface area contributed by atoms with Gasteiger partial charge in [0.05, 0.1) is 45.9 Å². The third-order valence-electron chi connectivity index (χ3n) is 6.99. The minimum Gasteiger partial charge on any atom is -0.508 e. The van der Waals surface area contributed by atoms with Crippen LogP contribution in [0.3, 0.4) is 0 Å². The number of aromatic nitrogens is 1. The van der Waals surface area contributed by atoms with E-state index in [0.29, 0.717) is 27.0 Å². The second-order valence-electron chi connectivity index (χ2n) is 9.56. The number of esters is 1. The average molecular weight is 606 g/mol. The molecule has 3 amide bonds. The number of carbonyl (C=O) groups excluding carboxylic acids is 4. The van der Waals surface area contributed by atoms with Crippen molar-refractivity contribution in [3.8, 4) is 5.75 Å². The molecule has 2 aromatic heterocycles. The monoisotopic (exact) mass is 605 g/mol. The lowest BCUT2D eigenvalue weighted by molar-refractivity contribution is -0.122. The Morgan fingerprint density at radius 3 is 2.43 bits per heavy atom. The Hall–Kier alpha value is -4.62. The molecule has 1 saturated heterocycles. The van der Waals surface area contributed by atoms with Crippen LogP contribution in [-0.4, -0.2) is 45.2 Å². The maximum absolute atomic E-state index is 13.9. The highest BCUT2D eigenvalue weighted by Gasteiger charge is 2.57. The number of thiazole rings is 1. The Labute approximate surface area is 246 Å². The van der Waals surface area contributed by atoms with Crippen LogP contribution in [0, 0.1) is 5.92 Å². The summed E-state index contributed by atoms with van der Waals surface area (Å²) < 4.78 is 12.0. The summed E-state index contributed by atoms with van der Waals surface area (Å²) in [6, 6.07) is 15.3. The molecule has 4 aromatic rings. The number of nitrogens with one attached hydrogen (secondary N) is 1. The molecule has 6 rings (SSSR count). The summed E-state index contributed by atoms with van der Waals surface area (Å²) in [5.41, 5.74) is 1.04. The molecule has 2 aliphatic rings. The van der Waals surface area contributed by atoms with E-state index in [0.717, 1.165) is 28.0 Å². The summed E-state index contributed by atoms with van der Waals surface area (Å²) in [5.74, 6) is -3.02. The number of imide groups is 1. The second kappa shape index (κ2) is 11.0. The Kier molecular flexibility index (Phi) is 7.21. The van der Waals surface area contributed by atoms with Crippen LogP contribution in [0.25, 0.3) is 0 Å². The lowest BCUT2D eigenvalue weighted by Gasteiger charge is -2.29. The van der Waals surface area contributed by atoms with E-state index in [4.69, 9.17) is 9.15 Å². The number of carbonyl (C=O) groups is 4. The van der Waals surface area contributed by atoms with Crippen LogP contribution in [0.2, 0.25) is 0 Å². The number of amides is 3. The van der Waals surface area contributed by atoms with Crippen LogP contribution < -0.4 is 15.1 Å². The number of phenolic OH excluding ortho intramolecular Hbond substituents is 1. The van der Waals surface area contributed by atoms with E-state index in [9.17, 15) is 29.1 Å². The van der Waals surface area contributed by atoms with Crippen molar-refractivity contribution in [3.05, 3.63) is 92.8 Å². The van der Waals surface area contributed by atoms with E-state index >= 15 is 0 Å². The number of ether oxygens (including phenoxy) is 1. The SMILES string of the molecule is CCOC(=O)c1ccc(N2C(=O)C3Sc4c(sc(=O)n4CC(=O)Nc4ccc(O)cc4)C(c4ccco4)C3C2=O)cc1. The van der Waals surface area contributed by atoms with Gasteiger partial charge in [-0.05, 0) is 67.6 Å². The molecule has 2 aromatic carbocycles. The molecular weight excluding hydrogens is 582 g/mol. The molecule has 1 fully saturated rings. The van der Waals surface area contributed by atoms with Crippen molar-refractivity contribution in [2.45, 2.75) is 29.7 Å². The number of furan rings is 1. The van der Waals surface area contributed by atoms with Crippen LogP contribution in [0.4, 0.5) is 11.4 Å². The van der Waals surface area contributed by atoms with Gasteiger partial charge in [0.15, 0.2) is 0 Å². The lowest BCUT2D eigenvalue weighted by Crippen LogP contribution is -2.32. The zero-order chi connectivity index (χ0) is 29.5. The first-order valence-electron chi connectivity index (χ1n) is 12.9. The number of aromatic hydroxyl groups is 1. The molecule has 13 heteroatoms. The Morgan fingerprint density at radius 2 is 1.76 bits per heavy atom. The average Bonchev–Trinajstić information content (AvgIpc) is 3.67. The predicted octanol–water partition coefficient (Wildman–Crippen LogP) is 3.82. The van der Waals surface area contributed by atoms with Crippen LogP contribution in [0.15, 0.2) is 81.2 Å². The van der Waals surface area contributed by atoms with Gasteiger partial charge in [0.1, 0.15) is 23.3 Å². The molecule has 0 bridgehead atoms. The molecule has 0 aliphatic carbocycles. The van der Waals surface area contributed by atoms with Crippen molar-refractivity contribution in [1.29, 1.82) is 0 Å². The fourth-order valence-electron chi connectivity index (χ4n) is 5.13. The Bertz CT molecular complexity index is 1740. The van der Waals surface area contributed by atoms with Crippen LogP contribution >= 0.6 is 23.1 Å². The third kappa shape index (κ3) is 4.80. The quantitative estimate of drug-likeness (QED) is 0.182. The first kappa shape index (κ1) is 27.5. The van der Waals surface area contributed by atoms with Gasteiger partial charge >= 0.3 is 10.8 Å². The van der Waals surface area contributed by atoms with E-state index in [1.165, 1.54) is 59.4 Å². The van der Waals surface area contributed by atoms with E-state index in [2.05, 4.69) is 5.32 Å². The molecule has 4 heterocycles. The van der Waals surface area contributed by atoms with Crippen LogP contribution in [0.1, 0.15) is 33.8 Å². The molecule has 42 heavy (non-hydrogen) atoms. The number of fused-ring (bicyclic) bond motifs is 2. The highest BCUT2D eigenvalue weighted by Crippen LogP contribution is 2.53. The molecule has 0 saturated carbocycles. The van der Waals surface area contributed by atoms with Gasteiger partial charge in [0.25, 0.3) is 0 Å². The van der Waals surface area contributed by atoms with Gasteiger partial charge < -0.3 is 19.6 Å². The highest BCUT2D eigenvalue weighted by atomic mass is 32.2. The van der Waals surface area contributed by atoms with Gasteiger partial charge in [-0.2, -0.15) is 0 Å². The van der Waals surface area contributed by atoms with Crippen molar-refractivity contribution in [3.63, 3.8) is 0 Å². The van der Waals surface area contributed by atoms with Gasteiger partial charge in [-0.3, -0.25) is 23.7 Å². The summed E-state index contributed by atoms with van der Waals surface area (Å²) in [6.45, 7) is 1.59. The number of anilines is 2.